The van der Waals surface area contributed by atoms with E-state index in [4.69, 9.17) is 33.9 Å². The maximum absolute atomic E-state index is 17.0. The number of carbonyl (C=O) groups is 4. The van der Waals surface area contributed by atoms with Gasteiger partial charge in [-0.05, 0) is 113 Å². The summed E-state index contributed by atoms with van der Waals surface area (Å²) in [7, 11) is 2.58. The van der Waals surface area contributed by atoms with E-state index < -0.39 is 36.3 Å². The van der Waals surface area contributed by atoms with Gasteiger partial charge in [-0.3, -0.25) is 14.2 Å². The number of hydrogen-bond donors (Lipinski definition) is 4. The Morgan fingerprint density at radius 2 is 1.58 bits per heavy atom. The highest BCUT2D eigenvalue weighted by Crippen LogP contribution is 2.54. The minimum atomic E-state index is -0.777. The van der Waals surface area contributed by atoms with Crippen LogP contribution in [0.1, 0.15) is 119 Å². The first-order valence-corrected chi connectivity index (χ1v) is 26.7. The minimum Gasteiger partial charge on any atom is -0.464 e. The Balaban J connectivity index is 0.898. The number of alkyl carbamates (subject to hydrolysis) is 2. The van der Waals surface area contributed by atoms with Gasteiger partial charge in [0.25, 0.3) is 0 Å². The van der Waals surface area contributed by atoms with Gasteiger partial charge >= 0.3 is 12.2 Å². The number of nitrogens with one attached hydrogen (secondary N) is 4. The second kappa shape index (κ2) is 19.8. The van der Waals surface area contributed by atoms with Crippen LogP contribution in [0.2, 0.25) is 0 Å². The van der Waals surface area contributed by atoms with E-state index in [1.807, 2.05) is 67.6 Å². The Hall–Kier alpha value is -6.80. The molecular weight excluding hydrogens is 968 g/mol. The van der Waals surface area contributed by atoms with Crippen LogP contribution in [0, 0.1) is 23.6 Å². The number of amides is 4. The fraction of sp³-hybridized carbons (Fsp3) is 0.500. The average molecular weight is 1030 g/mol. The van der Waals surface area contributed by atoms with Gasteiger partial charge in [-0.1, -0.05) is 26.8 Å². The molecule has 5 aliphatic rings. The summed E-state index contributed by atoms with van der Waals surface area (Å²) in [4.78, 5) is 79.2. The molecule has 74 heavy (non-hydrogen) atoms. The number of methoxy groups -OCH3 is 2. The SMILES string of the molecule is CCCc1ncc(C2Oc3cc(-c4cnc([C@@H]5CCCN5C(=O)C(NC(=O)OC)C(C)C)[nH]4)cc(F)c3-c3cc4cc(-c5cnc([C@@H]6C[C@H]7C[C@H]7N6C(=O)C(NC(=O)OC)C6C[C@@H](C)O[C@@H](C)C6)[nH]5)ccc4n32)s1. The molecule has 1 saturated carbocycles. The lowest BCUT2D eigenvalue weighted by Gasteiger charge is -2.38. The fourth-order valence-corrected chi connectivity index (χ4v) is 13.1. The summed E-state index contributed by atoms with van der Waals surface area (Å²) in [5.74, 6) is 0.858. The largest absolute Gasteiger partial charge is 0.464 e. The van der Waals surface area contributed by atoms with Gasteiger partial charge in [0.15, 0.2) is 0 Å². The molecular formula is C54H63FN10O8S. The summed E-state index contributed by atoms with van der Waals surface area (Å²) in [5.41, 5.74) is 4.55. The third kappa shape index (κ3) is 9.06. The van der Waals surface area contributed by atoms with Crippen molar-refractivity contribution in [1.29, 1.82) is 0 Å². The van der Waals surface area contributed by atoms with Crippen molar-refractivity contribution in [3.8, 4) is 39.5 Å². The van der Waals surface area contributed by atoms with Gasteiger partial charge in [-0.25, -0.2) is 28.9 Å². The molecule has 0 radical (unpaired) electrons. The highest BCUT2D eigenvalue weighted by Gasteiger charge is 2.57. The Kier molecular flexibility index (Phi) is 13.2. The molecule has 4 N–H and O–H groups in total. The molecule has 390 valence electrons. The lowest BCUT2D eigenvalue weighted by atomic mass is 9.85. The van der Waals surface area contributed by atoms with Gasteiger partial charge in [0.05, 0.1) is 89.0 Å². The molecule has 2 aromatic carbocycles. The molecule has 4 aromatic heterocycles. The first kappa shape index (κ1) is 49.4. The van der Waals surface area contributed by atoms with Crippen molar-refractivity contribution in [1.82, 2.24) is 49.9 Å². The van der Waals surface area contributed by atoms with E-state index in [2.05, 4.69) is 33.6 Å². The molecule has 4 amide bonds. The number of halogens is 1. The number of likely N-dealkylation sites (tertiary alicyclic amines) is 2. The lowest BCUT2D eigenvalue weighted by Crippen LogP contribution is -2.55. The Labute approximate surface area is 432 Å². The zero-order chi connectivity index (χ0) is 51.7. The van der Waals surface area contributed by atoms with Crippen molar-refractivity contribution in [2.45, 2.75) is 135 Å². The lowest BCUT2D eigenvalue weighted by molar-refractivity contribution is -0.140. The van der Waals surface area contributed by atoms with Crippen LogP contribution in [0.15, 0.2) is 55.0 Å². The average Bonchev–Trinajstić information content (AvgIpc) is 4.15. The number of aryl methyl sites for hydroxylation is 1. The Morgan fingerprint density at radius 3 is 2.30 bits per heavy atom. The molecule has 10 atom stereocenters. The number of hydrogen-bond acceptors (Lipinski definition) is 12. The number of benzene rings is 2. The standard InChI is InChI=1S/C54H63FN10O8S/c1-8-10-44-56-25-43(74-44)52-65-37-13-12-29(35-23-58-49(59-35)41-21-32-19-39(32)64(41)51(67)47(62-54(69)71-7)33-15-27(4)72-28(5)16-33)17-31(37)20-40(65)45-34(55)18-30(22-42(45)73-52)36-24-57-48(60-36)38-11-9-14-63(38)50(66)46(26(2)3)61-53(68)70-6/h12-13,17-18,20,22-28,32-33,38-39,41,46-47,52H,8-11,14-16,19,21H2,1-7H3,(H,57,60)(H,58,59)(H,61,68)(H,62,69)/t27-,28+,32-,33?,38+,39-,41+,46?,47?,52?/m1/s1. The second-order valence-corrected chi connectivity index (χ2v) is 22.1. The number of rotatable bonds is 13. The fourth-order valence-electron chi connectivity index (χ4n) is 12.0. The number of carbonyl (C=O) groups excluding carboxylic acids is 4. The van der Waals surface area contributed by atoms with E-state index in [-0.39, 0.29) is 54.0 Å². The van der Waals surface area contributed by atoms with Gasteiger partial charge in [0.2, 0.25) is 18.0 Å². The summed E-state index contributed by atoms with van der Waals surface area (Å²) >= 11 is 1.58. The number of fused-ring (bicyclic) bond motifs is 6. The van der Waals surface area contributed by atoms with Crippen molar-refractivity contribution in [3.63, 3.8) is 0 Å². The molecule has 0 spiro atoms. The van der Waals surface area contributed by atoms with Gasteiger partial charge in [0.1, 0.15) is 35.3 Å². The zero-order valence-electron chi connectivity index (χ0n) is 42.6. The molecule has 11 rings (SSSR count). The van der Waals surface area contributed by atoms with Crippen molar-refractivity contribution >= 4 is 46.2 Å². The number of H-pyrrole nitrogens is 2. The summed E-state index contributed by atoms with van der Waals surface area (Å²) in [6.45, 7) is 10.4. The molecule has 4 unspecified atom stereocenters. The molecule has 3 saturated heterocycles. The van der Waals surface area contributed by atoms with E-state index in [1.165, 1.54) is 20.3 Å². The van der Waals surface area contributed by atoms with Gasteiger partial charge < -0.3 is 49.3 Å². The summed E-state index contributed by atoms with van der Waals surface area (Å²) < 4.78 is 41.7. The number of ether oxygens (including phenoxy) is 4. The van der Waals surface area contributed by atoms with Crippen LogP contribution in [0.3, 0.4) is 0 Å². The normalized spacial score (nSPS) is 24.7. The smallest absolute Gasteiger partial charge is 0.407 e. The maximum Gasteiger partial charge on any atom is 0.407 e. The first-order chi connectivity index (χ1) is 35.7. The third-order valence-electron chi connectivity index (χ3n) is 15.6. The number of nitrogens with zero attached hydrogens (tertiary/aromatic N) is 6. The van der Waals surface area contributed by atoms with Gasteiger partial charge in [-0.2, -0.15) is 0 Å². The highest BCUT2D eigenvalue weighted by atomic mass is 32.1. The molecule has 8 heterocycles. The van der Waals surface area contributed by atoms with Crippen LogP contribution in [0.5, 0.6) is 5.75 Å². The predicted octanol–water partition coefficient (Wildman–Crippen LogP) is 9.21. The zero-order valence-corrected chi connectivity index (χ0v) is 43.5. The number of piperidine rings is 1. The molecule has 20 heteroatoms. The first-order valence-electron chi connectivity index (χ1n) is 25.9. The van der Waals surface area contributed by atoms with Crippen LogP contribution in [0.4, 0.5) is 14.0 Å². The maximum atomic E-state index is 17.0. The molecule has 4 fully saturated rings. The number of thiazole rings is 1. The highest BCUT2D eigenvalue weighted by molar-refractivity contribution is 7.11. The van der Waals surface area contributed by atoms with Crippen molar-refractivity contribution in [2.24, 2.45) is 17.8 Å². The predicted molar refractivity (Wildman–Crippen MR) is 273 cm³/mol. The molecule has 18 nitrogen and oxygen atoms in total. The van der Waals surface area contributed by atoms with Crippen LogP contribution in [0.25, 0.3) is 44.7 Å². The van der Waals surface area contributed by atoms with Crippen LogP contribution in [-0.4, -0.2) is 114 Å². The van der Waals surface area contributed by atoms with Crippen molar-refractivity contribution in [2.75, 3.05) is 20.8 Å². The minimum absolute atomic E-state index is 0.0501. The van der Waals surface area contributed by atoms with E-state index in [9.17, 15) is 19.2 Å². The Bertz CT molecular complexity index is 3120. The summed E-state index contributed by atoms with van der Waals surface area (Å²) in [6, 6.07) is 9.29. The van der Waals surface area contributed by atoms with Crippen LogP contribution < -0.4 is 15.4 Å². The van der Waals surface area contributed by atoms with E-state index in [0.29, 0.717) is 71.6 Å². The van der Waals surface area contributed by atoms with Crippen molar-refractivity contribution < 1.29 is 42.5 Å². The third-order valence-corrected chi connectivity index (χ3v) is 16.6. The second-order valence-electron chi connectivity index (χ2n) is 21.0. The Morgan fingerprint density at radius 1 is 0.865 bits per heavy atom. The molecule has 4 aliphatic heterocycles. The number of aromatic amines is 2. The molecule has 0 bridgehead atoms. The topological polar surface area (TPSA) is 211 Å². The van der Waals surface area contributed by atoms with Gasteiger partial charge in [0, 0.05) is 35.3 Å². The van der Waals surface area contributed by atoms with E-state index >= 15 is 4.39 Å². The monoisotopic (exact) mass is 1030 g/mol. The molecule has 6 aromatic rings. The van der Waals surface area contributed by atoms with E-state index in [1.54, 1.807) is 28.6 Å². The number of imidazole rings is 2. The summed E-state index contributed by atoms with van der Waals surface area (Å²) in [5, 5.41) is 7.44. The summed E-state index contributed by atoms with van der Waals surface area (Å²) in [6.07, 6.45) is 9.39. The van der Waals surface area contributed by atoms with Crippen LogP contribution >= 0.6 is 11.3 Å². The van der Waals surface area contributed by atoms with E-state index in [0.717, 1.165) is 64.1 Å². The van der Waals surface area contributed by atoms with Crippen LogP contribution in [-0.2, 0) is 30.2 Å². The van der Waals surface area contributed by atoms with Gasteiger partial charge in [-0.15, -0.1) is 11.3 Å². The molecule has 1 aliphatic carbocycles. The quantitative estimate of drug-likeness (QED) is 0.0857. The van der Waals surface area contributed by atoms with Crippen molar-refractivity contribution in [3.05, 3.63) is 82.3 Å². The number of aromatic nitrogens is 6.